The maximum Gasteiger partial charge on any atom is 0.182 e. The van der Waals surface area contributed by atoms with Crippen molar-refractivity contribution in [2.24, 2.45) is 0 Å². The highest BCUT2D eigenvalue weighted by Gasteiger charge is 2.08. The summed E-state index contributed by atoms with van der Waals surface area (Å²) in [7, 11) is 0. The molecule has 0 amide bonds. The van der Waals surface area contributed by atoms with Crippen LogP contribution < -0.4 is 0 Å². The minimum atomic E-state index is -0.305. The fourth-order valence-electron chi connectivity index (χ4n) is 1.71. The van der Waals surface area contributed by atoms with Gasteiger partial charge in [-0.3, -0.25) is 0 Å². The Morgan fingerprint density at radius 3 is 2.61 bits per heavy atom. The lowest BCUT2D eigenvalue weighted by molar-refractivity contribution is 0.628. The van der Waals surface area contributed by atoms with Gasteiger partial charge in [0.2, 0.25) is 0 Å². The first-order valence-corrected chi connectivity index (χ1v) is 5.30. The maximum absolute atomic E-state index is 12.8. The Morgan fingerprint density at radius 2 is 1.89 bits per heavy atom. The highest BCUT2D eigenvalue weighted by atomic mass is 19.1. The van der Waals surface area contributed by atoms with Gasteiger partial charge in [0.15, 0.2) is 11.5 Å². The Balaban J connectivity index is 2.20. The Morgan fingerprint density at radius 1 is 1.11 bits per heavy atom. The molecule has 2 aromatic heterocycles. The monoisotopic (exact) mass is 238 g/mol. The molecule has 0 aliphatic carbocycles. The standard InChI is InChI=1S/C13H7FN4/c14-10-6-4-9(5-7-10)13-16-12-3-1-2-11(8-15)18(12)17-13/h1-7H. The van der Waals surface area contributed by atoms with Crippen LogP contribution in [0.2, 0.25) is 0 Å². The van der Waals surface area contributed by atoms with Crippen molar-refractivity contribution < 1.29 is 4.39 Å². The van der Waals surface area contributed by atoms with Crippen molar-refractivity contribution in [2.75, 3.05) is 0 Å². The molecule has 0 N–H and O–H groups in total. The van der Waals surface area contributed by atoms with Crippen molar-refractivity contribution in [1.82, 2.24) is 14.6 Å². The summed E-state index contributed by atoms with van der Waals surface area (Å²) in [6.45, 7) is 0. The first kappa shape index (κ1) is 10.4. The maximum atomic E-state index is 12.8. The second kappa shape index (κ2) is 3.93. The van der Waals surface area contributed by atoms with Gasteiger partial charge in [0.25, 0.3) is 0 Å². The second-order valence-corrected chi connectivity index (χ2v) is 3.74. The molecule has 5 heteroatoms. The first-order valence-electron chi connectivity index (χ1n) is 5.30. The van der Waals surface area contributed by atoms with Crippen LogP contribution in [0, 0.1) is 17.1 Å². The molecule has 0 spiro atoms. The van der Waals surface area contributed by atoms with Gasteiger partial charge in [-0.25, -0.2) is 13.9 Å². The minimum Gasteiger partial charge on any atom is -0.207 e. The van der Waals surface area contributed by atoms with Crippen LogP contribution in [0.1, 0.15) is 5.69 Å². The number of rotatable bonds is 1. The number of hydrogen-bond donors (Lipinski definition) is 0. The summed E-state index contributed by atoms with van der Waals surface area (Å²) >= 11 is 0. The molecule has 2 heterocycles. The number of halogens is 1. The van der Waals surface area contributed by atoms with Crippen LogP contribution in [-0.2, 0) is 0 Å². The second-order valence-electron chi connectivity index (χ2n) is 3.74. The van der Waals surface area contributed by atoms with Crippen LogP contribution in [0.5, 0.6) is 0 Å². The van der Waals surface area contributed by atoms with E-state index in [0.717, 1.165) is 0 Å². The molecule has 0 atom stereocenters. The summed E-state index contributed by atoms with van der Waals surface area (Å²) in [6.07, 6.45) is 0. The van der Waals surface area contributed by atoms with Crippen LogP contribution in [-0.4, -0.2) is 14.6 Å². The Kier molecular flexibility index (Phi) is 2.27. The summed E-state index contributed by atoms with van der Waals surface area (Å²) in [5.41, 5.74) is 1.71. The van der Waals surface area contributed by atoms with E-state index in [-0.39, 0.29) is 5.82 Å². The van der Waals surface area contributed by atoms with Gasteiger partial charge in [0, 0.05) is 5.56 Å². The van der Waals surface area contributed by atoms with E-state index >= 15 is 0 Å². The fourth-order valence-corrected chi connectivity index (χ4v) is 1.71. The van der Waals surface area contributed by atoms with E-state index in [1.54, 1.807) is 30.3 Å². The lowest BCUT2D eigenvalue weighted by Gasteiger charge is -1.93. The fraction of sp³-hybridized carbons (Fsp3) is 0. The van der Waals surface area contributed by atoms with Crippen LogP contribution in [0.25, 0.3) is 17.0 Å². The largest absolute Gasteiger partial charge is 0.207 e. The predicted molar refractivity (Wildman–Crippen MR) is 63.1 cm³/mol. The van der Waals surface area contributed by atoms with E-state index in [1.807, 2.05) is 6.07 Å². The molecule has 3 aromatic rings. The predicted octanol–water partition coefficient (Wildman–Crippen LogP) is 2.41. The van der Waals surface area contributed by atoms with Crippen molar-refractivity contribution in [3.05, 3.63) is 54.0 Å². The quantitative estimate of drug-likeness (QED) is 0.654. The average Bonchev–Trinajstić information content (AvgIpc) is 2.83. The van der Waals surface area contributed by atoms with Gasteiger partial charge in [0.1, 0.15) is 17.6 Å². The van der Waals surface area contributed by atoms with Crippen LogP contribution >= 0.6 is 0 Å². The van der Waals surface area contributed by atoms with Gasteiger partial charge < -0.3 is 0 Å². The molecule has 18 heavy (non-hydrogen) atoms. The highest BCUT2D eigenvalue weighted by molar-refractivity contribution is 5.58. The lowest BCUT2D eigenvalue weighted by Crippen LogP contribution is -1.93. The molecule has 0 fully saturated rings. The van der Waals surface area contributed by atoms with Gasteiger partial charge in [-0.1, -0.05) is 6.07 Å². The number of fused-ring (bicyclic) bond motifs is 1. The summed E-state index contributed by atoms with van der Waals surface area (Å²) < 4.78 is 14.3. The number of nitrogens with zero attached hydrogens (tertiary/aromatic N) is 4. The van der Waals surface area contributed by atoms with Gasteiger partial charge >= 0.3 is 0 Å². The smallest absolute Gasteiger partial charge is 0.182 e. The first-order chi connectivity index (χ1) is 8.78. The molecule has 3 rings (SSSR count). The van der Waals surface area contributed by atoms with Crippen LogP contribution in [0.4, 0.5) is 4.39 Å². The van der Waals surface area contributed by atoms with E-state index < -0.39 is 0 Å². The number of pyridine rings is 1. The summed E-state index contributed by atoms with van der Waals surface area (Å²) in [5.74, 6) is 0.165. The van der Waals surface area contributed by atoms with Gasteiger partial charge in [0.05, 0.1) is 0 Å². The molecular weight excluding hydrogens is 231 g/mol. The molecule has 0 aliphatic rings. The topological polar surface area (TPSA) is 54.0 Å². The number of hydrogen-bond acceptors (Lipinski definition) is 3. The van der Waals surface area contributed by atoms with E-state index in [2.05, 4.69) is 10.1 Å². The van der Waals surface area contributed by atoms with Crippen molar-refractivity contribution >= 4 is 5.65 Å². The summed E-state index contributed by atoms with van der Waals surface area (Å²) in [6, 6.07) is 13.1. The molecule has 0 saturated carbocycles. The third-order valence-corrected chi connectivity index (χ3v) is 2.58. The Hall–Kier alpha value is -2.74. The average molecular weight is 238 g/mol. The molecular formula is C13H7FN4. The molecule has 86 valence electrons. The number of aromatic nitrogens is 3. The van der Waals surface area contributed by atoms with Gasteiger partial charge in [-0.15, -0.1) is 5.10 Å². The molecule has 0 aliphatic heterocycles. The van der Waals surface area contributed by atoms with Gasteiger partial charge in [-0.2, -0.15) is 5.26 Å². The highest BCUT2D eigenvalue weighted by Crippen LogP contribution is 2.17. The van der Waals surface area contributed by atoms with Crippen molar-refractivity contribution in [3.63, 3.8) is 0 Å². The van der Waals surface area contributed by atoms with E-state index in [9.17, 15) is 4.39 Å². The molecule has 0 bridgehead atoms. The molecule has 0 radical (unpaired) electrons. The van der Waals surface area contributed by atoms with Crippen molar-refractivity contribution in [1.29, 1.82) is 5.26 Å². The SMILES string of the molecule is N#Cc1cccc2nc(-c3ccc(F)cc3)nn12. The lowest BCUT2D eigenvalue weighted by atomic mass is 10.2. The number of nitriles is 1. The normalized spacial score (nSPS) is 10.4. The van der Waals surface area contributed by atoms with Crippen molar-refractivity contribution in [2.45, 2.75) is 0 Å². The van der Waals surface area contributed by atoms with Crippen molar-refractivity contribution in [3.8, 4) is 17.5 Å². The summed E-state index contributed by atoms with van der Waals surface area (Å²) in [5, 5.41) is 13.2. The minimum absolute atomic E-state index is 0.305. The van der Waals surface area contributed by atoms with Crippen LogP contribution in [0.3, 0.4) is 0 Å². The Labute approximate surface area is 102 Å². The Bertz CT molecular complexity index is 753. The van der Waals surface area contributed by atoms with E-state index in [0.29, 0.717) is 22.7 Å². The van der Waals surface area contributed by atoms with Crippen LogP contribution in [0.15, 0.2) is 42.5 Å². The summed E-state index contributed by atoms with van der Waals surface area (Å²) in [4.78, 5) is 4.30. The molecule has 4 nitrogen and oxygen atoms in total. The van der Waals surface area contributed by atoms with E-state index in [1.165, 1.54) is 16.6 Å². The third kappa shape index (κ3) is 1.60. The molecule has 0 saturated heterocycles. The van der Waals surface area contributed by atoms with E-state index in [4.69, 9.17) is 5.26 Å². The number of benzene rings is 1. The zero-order chi connectivity index (χ0) is 12.5. The zero-order valence-electron chi connectivity index (χ0n) is 9.21. The molecule has 0 unspecified atom stereocenters. The zero-order valence-corrected chi connectivity index (χ0v) is 9.21. The van der Waals surface area contributed by atoms with Gasteiger partial charge in [-0.05, 0) is 36.4 Å². The molecule has 1 aromatic carbocycles. The third-order valence-electron chi connectivity index (χ3n) is 2.58.